The number of anilines is 1. The summed E-state index contributed by atoms with van der Waals surface area (Å²) in [4.78, 5) is 10.4. The van der Waals surface area contributed by atoms with E-state index in [1.807, 2.05) is 18.9 Å². The van der Waals surface area contributed by atoms with Gasteiger partial charge in [-0.05, 0) is 19.8 Å². The maximum absolute atomic E-state index is 10.0. The van der Waals surface area contributed by atoms with Gasteiger partial charge in [0.1, 0.15) is 16.8 Å². The first-order chi connectivity index (χ1) is 8.08. The molecule has 94 valence electrons. The fourth-order valence-corrected chi connectivity index (χ4v) is 2.63. The van der Waals surface area contributed by atoms with Crippen molar-refractivity contribution < 1.29 is 5.11 Å². The summed E-state index contributed by atoms with van der Waals surface area (Å²) in [5.74, 6) is 1.44. The molecule has 1 fully saturated rings. The lowest BCUT2D eigenvalue weighted by Crippen LogP contribution is -2.43. The van der Waals surface area contributed by atoms with E-state index in [1.165, 1.54) is 0 Å². The van der Waals surface area contributed by atoms with Gasteiger partial charge in [0.25, 0.3) is 0 Å². The van der Waals surface area contributed by atoms with Gasteiger partial charge in [-0.1, -0.05) is 24.4 Å². The maximum atomic E-state index is 10.0. The maximum Gasteiger partial charge on any atom is 0.134 e. The van der Waals surface area contributed by atoms with Gasteiger partial charge in [-0.2, -0.15) is 0 Å². The smallest absolute Gasteiger partial charge is 0.134 e. The molecule has 4 nitrogen and oxygen atoms in total. The van der Waals surface area contributed by atoms with Crippen molar-refractivity contribution >= 4 is 17.4 Å². The lowest BCUT2D eigenvalue weighted by Gasteiger charge is -2.35. The first-order valence-corrected chi connectivity index (χ1v) is 6.38. The zero-order chi connectivity index (χ0) is 12.4. The summed E-state index contributed by atoms with van der Waals surface area (Å²) in [6, 6.07) is 1.88. The Labute approximate surface area is 107 Å². The van der Waals surface area contributed by atoms with Crippen LogP contribution in [0.4, 0.5) is 5.82 Å². The number of aliphatic hydroxyl groups excluding tert-OH is 1. The zero-order valence-electron chi connectivity index (χ0n) is 10.2. The number of aryl methyl sites for hydroxylation is 1. The van der Waals surface area contributed by atoms with Crippen molar-refractivity contribution in [3.05, 3.63) is 17.0 Å². The second kappa shape index (κ2) is 5.19. The largest absolute Gasteiger partial charge is 0.391 e. The van der Waals surface area contributed by atoms with Crippen LogP contribution in [0.25, 0.3) is 0 Å². The Kier molecular flexibility index (Phi) is 3.84. The Morgan fingerprint density at radius 3 is 2.71 bits per heavy atom. The molecule has 2 unspecified atom stereocenters. The quantitative estimate of drug-likeness (QED) is 0.823. The Hall–Kier alpha value is -0.870. The van der Waals surface area contributed by atoms with Crippen molar-refractivity contribution in [1.82, 2.24) is 9.97 Å². The van der Waals surface area contributed by atoms with Crippen LogP contribution in [0, 0.1) is 6.92 Å². The minimum atomic E-state index is -0.275. The molecule has 1 saturated carbocycles. The van der Waals surface area contributed by atoms with E-state index in [0.717, 1.165) is 31.5 Å². The van der Waals surface area contributed by atoms with Crippen molar-refractivity contribution in [1.29, 1.82) is 0 Å². The molecule has 1 aliphatic rings. The van der Waals surface area contributed by atoms with Crippen molar-refractivity contribution in [2.75, 3.05) is 11.9 Å². The highest BCUT2D eigenvalue weighted by Gasteiger charge is 2.27. The van der Waals surface area contributed by atoms with Crippen molar-refractivity contribution in [3.63, 3.8) is 0 Å². The molecule has 1 heterocycles. The van der Waals surface area contributed by atoms with E-state index in [9.17, 15) is 5.11 Å². The fraction of sp³-hybridized carbons (Fsp3) is 0.667. The summed E-state index contributed by atoms with van der Waals surface area (Å²) in [5.41, 5.74) is 0. The number of hydrogen-bond donors (Lipinski definition) is 1. The molecule has 0 amide bonds. The van der Waals surface area contributed by atoms with Crippen LogP contribution in [0.1, 0.15) is 31.5 Å². The summed E-state index contributed by atoms with van der Waals surface area (Å²) in [7, 11) is 1.96. The molecule has 1 N–H and O–H groups in total. The summed E-state index contributed by atoms with van der Waals surface area (Å²) >= 11 is 5.93. The Bertz CT molecular complexity index is 379. The van der Waals surface area contributed by atoms with Crippen LogP contribution in [0.2, 0.25) is 5.15 Å². The molecule has 0 radical (unpaired) electrons. The van der Waals surface area contributed by atoms with Crippen LogP contribution in [-0.2, 0) is 0 Å². The molecular weight excluding hydrogens is 238 g/mol. The summed E-state index contributed by atoms with van der Waals surface area (Å²) in [6.45, 7) is 1.82. The van der Waals surface area contributed by atoms with Gasteiger partial charge in [0.2, 0.25) is 0 Å². The number of aromatic nitrogens is 2. The van der Waals surface area contributed by atoms with Gasteiger partial charge in [-0.25, -0.2) is 9.97 Å². The van der Waals surface area contributed by atoms with Gasteiger partial charge in [0.05, 0.1) is 12.1 Å². The van der Waals surface area contributed by atoms with Gasteiger partial charge in [-0.15, -0.1) is 0 Å². The third-order valence-electron chi connectivity index (χ3n) is 3.35. The van der Waals surface area contributed by atoms with E-state index in [4.69, 9.17) is 11.6 Å². The Morgan fingerprint density at radius 2 is 2.06 bits per heavy atom. The Morgan fingerprint density at radius 1 is 1.35 bits per heavy atom. The monoisotopic (exact) mass is 255 g/mol. The minimum Gasteiger partial charge on any atom is -0.391 e. The van der Waals surface area contributed by atoms with Gasteiger partial charge >= 0.3 is 0 Å². The molecule has 0 saturated heterocycles. The van der Waals surface area contributed by atoms with E-state index in [-0.39, 0.29) is 12.1 Å². The van der Waals surface area contributed by atoms with Gasteiger partial charge in [-0.3, -0.25) is 0 Å². The highest BCUT2D eigenvalue weighted by molar-refractivity contribution is 6.29. The lowest BCUT2D eigenvalue weighted by molar-refractivity contribution is 0.106. The van der Waals surface area contributed by atoms with E-state index >= 15 is 0 Å². The molecule has 1 aromatic rings. The predicted molar refractivity (Wildman–Crippen MR) is 68.4 cm³/mol. The van der Waals surface area contributed by atoms with Crippen LogP contribution in [0.3, 0.4) is 0 Å². The average Bonchev–Trinajstić information content (AvgIpc) is 2.27. The topological polar surface area (TPSA) is 49.2 Å². The molecule has 0 aromatic carbocycles. The summed E-state index contributed by atoms with van der Waals surface area (Å²) in [6.07, 6.45) is 3.85. The molecule has 2 atom stereocenters. The Balaban J connectivity index is 2.20. The SMILES string of the molecule is Cc1nc(Cl)cc(N(C)C2CCCCC2O)n1. The highest BCUT2D eigenvalue weighted by Crippen LogP contribution is 2.26. The van der Waals surface area contributed by atoms with Crippen LogP contribution in [0.5, 0.6) is 0 Å². The molecule has 2 rings (SSSR count). The van der Waals surface area contributed by atoms with Crippen molar-refractivity contribution in [2.45, 2.75) is 44.8 Å². The highest BCUT2D eigenvalue weighted by atomic mass is 35.5. The lowest BCUT2D eigenvalue weighted by atomic mass is 9.91. The van der Waals surface area contributed by atoms with Gasteiger partial charge < -0.3 is 10.0 Å². The standard InChI is InChI=1S/C12H18ClN3O/c1-8-14-11(13)7-12(15-8)16(2)9-5-3-4-6-10(9)17/h7,9-10,17H,3-6H2,1-2H3. The number of aliphatic hydroxyl groups is 1. The second-order valence-corrected chi connectivity index (χ2v) is 5.01. The number of likely N-dealkylation sites (N-methyl/N-ethyl adjacent to an activating group) is 1. The average molecular weight is 256 g/mol. The van der Waals surface area contributed by atoms with Crippen LogP contribution < -0.4 is 4.90 Å². The molecule has 1 aliphatic carbocycles. The van der Waals surface area contributed by atoms with Crippen LogP contribution >= 0.6 is 11.6 Å². The number of rotatable bonds is 2. The zero-order valence-corrected chi connectivity index (χ0v) is 11.0. The summed E-state index contributed by atoms with van der Waals surface area (Å²) in [5, 5.41) is 10.5. The van der Waals surface area contributed by atoms with E-state index in [1.54, 1.807) is 6.07 Å². The molecule has 0 bridgehead atoms. The molecule has 0 aliphatic heterocycles. The van der Waals surface area contributed by atoms with Crippen LogP contribution in [0.15, 0.2) is 6.07 Å². The third kappa shape index (κ3) is 2.87. The van der Waals surface area contributed by atoms with Crippen molar-refractivity contribution in [2.24, 2.45) is 0 Å². The third-order valence-corrected chi connectivity index (χ3v) is 3.54. The summed E-state index contributed by atoms with van der Waals surface area (Å²) < 4.78 is 0. The first kappa shape index (κ1) is 12.6. The first-order valence-electron chi connectivity index (χ1n) is 6.00. The van der Waals surface area contributed by atoms with E-state index in [0.29, 0.717) is 11.0 Å². The van der Waals surface area contributed by atoms with E-state index in [2.05, 4.69) is 9.97 Å². The molecule has 0 spiro atoms. The minimum absolute atomic E-state index is 0.133. The van der Waals surface area contributed by atoms with Crippen molar-refractivity contribution in [3.8, 4) is 0 Å². The predicted octanol–water partition coefficient (Wildman–Crippen LogP) is 2.18. The molecular formula is C12H18ClN3O. The van der Waals surface area contributed by atoms with Gasteiger partial charge in [0, 0.05) is 13.1 Å². The second-order valence-electron chi connectivity index (χ2n) is 4.63. The number of halogens is 1. The molecule has 5 heteroatoms. The van der Waals surface area contributed by atoms with Crippen LogP contribution in [-0.4, -0.2) is 34.3 Å². The molecule has 17 heavy (non-hydrogen) atoms. The normalized spacial score (nSPS) is 24.7. The number of hydrogen-bond acceptors (Lipinski definition) is 4. The van der Waals surface area contributed by atoms with E-state index < -0.39 is 0 Å². The number of nitrogens with zero attached hydrogens (tertiary/aromatic N) is 3. The fourth-order valence-electron chi connectivity index (χ4n) is 2.41. The molecule has 1 aromatic heterocycles. The van der Waals surface area contributed by atoms with Gasteiger partial charge in [0.15, 0.2) is 0 Å².